The van der Waals surface area contributed by atoms with E-state index in [1.54, 1.807) is 20.4 Å². The van der Waals surface area contributed by atoms with Crippen molar-refractivity contribution in [1.29, 1.82) is 0 Å². The van der Waals surface area contributed by atoms with Crippen LogP contribution in [0, 0.1) is 0 Å². The van der Waals surface area contributed by atoms with E-state index in [-0.39, 0.29) is 18.4 Å². The van der Waals surface area contributed by atoms with Gasteiger partial charge in [0, 0.05) is 30.9 Å². The third-order valence-corrected chi connectivity index (χ3v) is 6.75. The quantitative estimate of drug-likeness (QED) is 0.238. The van der Waals surface area contributed by atoms with E-state index in [1.165, 1.54) is 11.1 Å². The maximum absolute atomic E-state index is 13.0. The lowest BCUT2D eigenvalue weighted by Crippen LogP contribution is -2.21. The molecule has 0 bridgehead atoms. The summed E-state index contributed by atoms with van der Waals surface area (Å²) in [5, 5.41) is 12.9. The molecule has 2 aromatic heterocycles. The van der Waals surface area contributed by atoms with Crippen molar-refractivity contribution in [2.45, 2.75) is 19.6 Å². The molecule has 0 aliphatic carbocycles. The van der Waals surface area contributed by atoms with Gasteiger partial charge in [0.2, 0.25) is 5.65 Å². The zero-order valence-electron chi connectivity index (χ0n) is 22.0. The second-order valence-electron chi connectivity index (χ2n) is 9.27. The average molecular weight is 558 g/mol. The molecule has 0 saturated heterocycles. The number of urea groups is 1. The van der Waals surface area contributed by atoms with Crippen molar-refractivity contribution >= 4 is 41.1 Å². The summed E-state index contributed by atoms with van der Waals surface area (Å²) in [4.78, 5) is 24.4. The van der Waals surface area contributed by atoms with Crippen LogP contribution in [0.2, 0.25) is 0 Å². The second-order valence-corrected chi connectivity index (χ2v) is 9.27. The van der Waals surface area contributed by atoms with Gasteiger partial charge in [-0.2, -0.15) is 5.10 Å². The van der Waals surface area contributed by atoms with E-state index in [4.69, 9.17) is 9.47 Å². The molecule has 1 aliphatic rings. The normalized spacial score (nSPS) is 12.4. The summed E-state index contributed by atoms with van der Waals surface area (Å²) >= 11 is 0. The fraction of sp³-hybridized carbons (Fsp3) is 0.172. The Morgan fingerprint density at radius 1 is 0.950 bits per heavy atom. The van der Waals surface area contributed by atoms with Gasteiger partial charge in [-0.05, 0) is 59.2 Å². The van der Waals surface area contributed by atoms with Gasteiger partial charge < -0.3 is 14.8 Å². The largest absolute Gasteiger partial charge is 0.497 e. The molecule has 0 saturated carbocycles. The summed E-state index contributed by atoms with van der Waals surface area (Å²) in [6.45, 7) is 2.36. The number of H-pyrrole nitrogens is 1. The number of halogens is 1. The number of hydrogen-bond acceptors (Lipinski definition) is 7. The van der Waals surface area contributed by atoms with Gasteiger partial charge in [0.05, 0.1) is 26.1 Å². The van der Waals surface area contributed by atoms with Crippen molar-refractivity contribution in [1.82, 2.24) is 25.1 Å². The Bertz CT molecular complexity index is 1640. The van der Waals surface area contributed by atoms with Crippen LogP contribution in [-0.4, -0.2) is 45.3 Å². The van der Waals surface area contributed by atoms with Crippen LogP contribution in [0.15, 0.2) is 72.9 Å². The van der Waals surface area contributed by atoms with Crippen molar-refractivity contribution in [3.63, 3.8) is 0 Å². The number of carbonyl (C=O) groups is 1. The summed E-state index contributed by atoms with van der Waals surface area (Å²) in [6, 6.07) is 21.2. The summed E-state index contributed by atoms with van der Waals surface area (Å²) < 4.78 is 10.5. The highest BCUT2D eigenvalue weighted by molar-refractivity contribution is 6.03. The van der Waals surface area contributed by atoms with Crippen LogP contribution < -0.4 is 20.1 Å². The van der Waals surface area contributed by atoms with Crippen molar-refractivity contribution in [3.05, 3.63) is 89.6 Å². The summed E-state index contributed by atoms with van der Waals surface area (Å²) in [5.74, 6) is 1.97. The van der Waals surface area contributed by atoms with Crippen molar-refractivity contribution in [3.8, 4) is 22.8 Å². The number of aromatic amines is 1. The first-order valence-corrected chi connectivity index (χ1v) is 12.5. The van der Waals surface area contributed by atoms with Crippen LogP contribution in [-0.2, 0) is 19.6 Å². The Kier molecular flexibility index (Phi) is 7.81. The lowest BCUT2D eigenvalue weighted by Gasteiger charge is -2.15. The standard InChI is InChI=1S/C29H27N7O3.ClH/c1-38-21-10-6-18(7-11-21)15-36-16-20-4-3-5-24(23(20)17-36)32-29(37)33-28-26-27(34-35-28)30-14-25(31-26)19-8-12-22(39-2)13-9-19;/h3-14H,15-17H2,1-2H3,(H3,30,32,33,34,35,37);1H. The third kappa shape index (κ3) is 5.54. The number of nitrogens with one attached hydrogen (secondary N) is 3. The fourth-order valence-corrected chi connectivity index (χ4v) is 4.76. The van der Waals surface area contributed by atoms with Gasteiger partial charge in [-0.25, -0.2) is 14.8 Å². The minimum absolute atomic E-state index is 0. The minimum Gasteiger partial charge on any atom is -0.497 e. The van der Waals surface area contributed by atoms with E-state index in [0.29, 0.717) is 22.7 Å². The Balaban J connectivity index is 0.00000323. The summed E-state index contributed by atoms with van der Waals surface area (Å²) in [6.07, 6.45) is 1.65. The Morgan fingerprint density at radius 2 is 1.68 bits per heavy atom. The number of nitrogens with zero attached hydrogens (tertiary/aromatic N) is 4. The van der Waals surface area contributed by atoms with E-state index < -0.39 is 0 Å². The lowest BCUT2D eigenvalue weighted by molar-refractivity contribution is 0.262. The number of anilines is 2. The van der Waals surface area contributed by atoms with E-state index in [1.807, 2.05) is 48.5 Å². The number of aromatic nitrogens is 4. The number of benzene rings is 3. The van der Waals surface area contributed by atoms with Crippen LogP contribution in [0.1, 0.15) is 16.7 Å². The van der Waals surface area contributed by atoms with Crippen LogP contribution in [0.5, 0.6) is 11.5 Å². The highest BCUT2D eigenvalue weighted by atomic mass is 35.5. The molecule has 3 aromatic carbocycles. The maximum atomic E-state index is 13.0. The molecular formula is C29H28ClN7O3. The molecule has 3 heterocycles. The fourth-order valence-electron chi connectivity index (χ4n) is 4.76. The number of methoxy groups -OCH3 is 2. The highest BCUT2D eigenvalue weighted by Gasteiger charge is 2.23. The van der Waals surface area contributed by atoms with Crippen LogP contribution in [0.4, 0.5) is 16.3 Å². The molecule has 0 radical (unpaired) electrons. The zero-order chi connectivity index (χ0) is 26.8. The van der Waals surface area contributed by atoms with E-state index in [2.05, 4.69) is 53.9 Å². The van der Waals surface area contributed by atoms with E-state index >= 15 is 0 Å². The van der Waals surface area contributed by atoms with Crippen molar-refractivity contribution in [2.24, 2.45) is 0 Å². The van der Waals surface area contributed by atoms with Gasteiger partial charge in [-0.15, -0.1) is 12.4 Å². The number of ether oxygens (including phenoxy) is 2. The Labute approximate surface area is 237 Å². The minimum atomic E-state index is -0.390. The smallest absolute Gasteiger partial charge is 0.324 e. The number of amides is 2. The molecule has 0 unspecified atom stereocenters. The SMILES string of the molecule is COc1ccc(CN2Cc3cccc(NC(=O)Nc4[nH]nc5ncc(-c6ccc(OC)cc6)nc45)c3C2)cc1.Cl. The second kappa shape index (κ2) is 11.6. The van der Waals surface area contributed by atoms with Crippen LogP contribution in [0.25, 0.3) is 22.4 Å². The Hall–Kier alpha value is -4.67. The molecule has 10 nitrogen and oxygen atoms in total. The van der Waals surface area contributed by atoms with Crippen molar-refractivity contribution < 1.29 is 14.3 Å². The lowest BCUT2D eigenvalue weighted by atomic mass is 10.1. The molecular weight excluding hydrogens is 530 g/mol. The summed E-state index contributed by atoms with van der Waals surface area (Å²) in [5.41, 5.74) is 6.71. The van der Waals surface area contributed by atoms with Gasteiger partial charge >= 0.3 is 6.03 Å². The van der Waals surface area contributed by atoms with Gasteiger partial charge in [0.25, 0.3) is 0 Å². The van der Waals surface area contributed by atoms with Gasteiger partial charge in [-0.3, -0.25) is 15.3 Å². The number of carbonyl (C=O) groups excluding carboxylic acids is 1. The van der Waals surface area contributed by atoms with E-state index in [0.717, 1.165) is 47.9 Å². The average Bonchev–Trinajstić information content (AvgIpc) is 3.57. The summed E-state index contributed by atoms with van der Waals surface area (Å²) in [7, 11) is 3.29. The topological polar surface area (TPSA) is 117 Å². The number of hydrogen-bond donors (Lipinski definition) is 3. The van der Waals surface area contributed by atoms with E-state index in [9.17, 15) is 4.79 Å². The first kappa shape index (κ1) is 26.9. The molecule has 0 fully saturated rings. The molecule has 3 N–H and O–H groups in total. The molecule has 0 spiro atoms. The number of fused-ring (bicyclic) bond motifs is 2. The first-order chi connectivity index (χ1) is 19.1. The van der Waals surface area contributed by atoms with Crippen LogP contribution in [0.3, 0.4) is 0 Å². The molecule has 6 rings (SSSR count). The molecule has 11 heteroatoms. The van der Waals surface area contributed by atoms with Gasteiger partial charge in [0.1, 0.15) is 11.5 Å². The molecule has 204 valence electrons. The first-order valence-electron chi connectivity index (χ1n) is 12.5. The van der Waals surface area contributed by atoms with Gasteiger partial charge in [-0.1, -0.05) is 24.3 Å². The molecule has 2 amide bonds. The predicted molar refractivity (Wildman–Crippen MR) is 156 cm³/mol. The van der Waals surface area contributed by atoms with Crippen molar-refractivity contribution in [2.75, 3.05) is 24.9 Å². The predicted octanol–water partition coefficient (Wildman–Crippen LogP) is 5.62. The molecule has 40 heavy (non-hydrogen) atoms. The monoisotopic (exact) mass is 557 g/mol. The number of rotatable bonds is 7. The zero-order valence-corrected chi connectivity index (χ0v) is 22.8. The molecule has 1 aliphatic heterocycles. The molecule has 0 atom stereocenters. The Morgan fingerprint density at radius 3 is 2.40 bits per heavy atom. The third-order valence-electron chi connectivity index (χ3n) is 6.75. The maximum Gasteiger partial charge on any atom is 0.324 e. The molecule has 5 aromatic rings. The van der Waals surface area contributed by atoms with Gasteiger partial charge in [0.15, 0.2) is 11.3 Å². The van der Waals surface area contributed by atoms with Crippen LogP contribution >= 0.6 is 12.4 Å². The highest BCUT2D eigenvalue weighted by Crippen LogP contribution is 2.31.